The molecule has 1 aliphatic heterocycles. The van der Waals surface area contributed by atoms with Crippen LogP contribution in [-0.4, -0.2) is 25.8 Å². The minimum Gasteiger partial charge on any atom is -0.270 e. The van der Waals surface area contributed by atoms with Gasteiger partial charge in [-0.1, -0.05) is 6.92 Å². The third kappa shape index (κ3) is 3.79. The van der Waals surface area contributed by atoms with Crippen molar-refractivity contribution in [2.45, 2.75) is 19.8 Å². The zero-order valence-corrected chi connectivity index (χ0v) is 13.5. The molecule has 1 atom stereocenters. The first-order valence-corrected chi connectivity index (χ1v) is 8.63. The molecule has 1 fully saturated rings. The fourth-order valence-electron chi connectivity index (χ4n) is 2.14. The summed E-state index contributed by atoms with van der Waals surface area (Å²) in [5.41, 5.74) is 0.417. The van der Waals surface area contributed by atoms with E-state index in [1.54, 1.807) is 0 Å². The Kier molecular flexibility index (Phi) is 4.67. The second kappa shape index (κ2) is 5.92. The Morgan fingerprint density at radius 2 is 2.21 bits per heavy atom. The van der Waals surface area contributed by atoms with E-state index in [9.17, 15) is 12.8 Å². The van der Waals surface area contributed by atoms with E-state index < -0.39 is 10.2 Å². The third-order valence-electron chi connectivity index (χ3n) is 3.13. The number of rotatable bonds is 3. The maximum absolute atomic E-state index is 13.0. The van der Waals surface area contributed by atoms with Gasteiger partial charge in [-0.05, 0) is 59.5 Å². The van der Waals surface area contributed by atoms with E-state index in [1.165, 1.54) is 22.5 Å². The summed E-state index contributed by atoms with van der Waals surface area (Å²) in [6.45, 7) is 3.12. The van der Waals surface area contributed by atoms with E-state index in [0.717, 1.165) is 12.8 Å². The molecule has 0 saturated carbocycles. The minimum absolute atomic E-state index is 0.373. The van der Waals surface area contributed by atoms with E-state index in [4.69, 9.17) is 0 Å². The van der Waals surface area contributed by atoms with Gasteiger partial charge in [-0.15, -0.1) is 0 Å². The maximum atomic E-state index is 13.0. The molecule has 1 unspecified atom stereocenters. The van der Waals surface area contributed by atoms with Gasteiger partial charge in [-0.25, -0.2) is 4.39 Å². The van der Waals surface area contributed by atoms with Crippen LogP contribution >= 0.6 is 22.6 Å². The van der Waals surface area contributed by atoms with Crippen molar-refractivity contribution < 1.29 is 12.8 Å². The van der Waals surface area contributed by atoms with Crippen LogP contribution < -0.4 is 4.72 Å². The normalized spacial score (nSPS) is 21.3. The van der Waals surface area contributed by atoms with E-state index in [1.807, 2.05) is 29.5 Å². The van der Waals surface area contributed by atoms with Crippen molar-refractivity contribution in [2.24, 2.45) is 5.92 Å². The van der Waals surface area contributed by atoms with Gasteiger partial charge in [-0.3, -0.25) is 4.72 Å². The topological polar surface area (TPSA) is 49.4 Å². The van der Waals surface area contributed by atoms with Crippen molar-refractivity contribution in [3.8, 4) is 0 Å². The predicted octanol–water partition coefficient (Wildman–Crippen LogP) is 2.82. The number of hydrogen-bond donors (Lipinski definition) is 1. The Morgan fingerprint density at radius 3 is 2.84 bits per heavy atom. The summed E-state index contributed by atoms with van der Waals surface area (Å²) in [5.74, 6) is -0.00319. The molecule has 0 aliphatic carbocycles. The van der Waals surface area contributed by atoms with Crippen molar-refractivity contribution in [1.29, 1.82) is 0 Å². The van der Waals surface area contributed by atoms with Crippen LogP contribution in [0.5, 0.6) is 0 Å². The van der Waals surface area contributed by atoms with Crippen LogP contribution in [0.3, 0.4) is 0 Å². The number of halogens is 2. The Morgan fingerprint density at radius 1 is 1.47 bits per heavy atom. The monoisotopic (exact) mass is 398 g/mol. The smallest absolute Gasteiger partial charge is 0.270 e. The summed E-state index contributed by atoms with van der Waals surface area (Å²) >= 11 is 1.92. The fraction of sp³-hybridized carbons (Fsp3) is 0.500. The molecule has 19 heavy (non-hydrogen) atoms. The molecule has 2 rings (SSSR count). The first kappa shape index (κ1) is 15.0. The molecule has 1 saturated heterocycles. The van der Waals surface area contributed by atoms with Gasteiger partial charge < -0.3 is 0 Å². The Bertz CT molecular complexity index is 565. The summed E-state index contributed by atoms with van der Waals surface area (Å²) in [5, 5.41) is 0. The van der Waals surface area contributed by atoms with Crippen LogP contribution in [0, 0.1) is 15.3 Å². The van der Waals surface area contributed by atoms with Crippen LogP contribution in [-0.2, 0) is 10.2 Å². The number of piperidine rings is 1. The highest BCUT2D eigenvalue weighted by Crippen LogP contribution is 2.23. The molecule has 0 aromatic heterocycles. The fourth-order valence-corrected chi connectivity index (χ4v) is 4.34. The van der Waals surface area contributed by atoms with Gasteiger partial charge in [0.2, 0.25) is 0 Å². The lowest BCUT2D eigenvalue weighted by atomic mass is 10.0. The molecule has 1 heterocycles. The van der Waals surface area contributed by atoms with Crippen LogP contribution in [0.15, 0.2) is 18.2 Å². The molecule has 106 valence electrons. The van der Waals surface area contributed by atoms with E-state index in [2.05, 4.69) is 4.72 Å². The number of benzene rings is 1. The average Bonchev–Trinajstić information content (AvgIpc) is 2.33. The van der Waals surface area contributed by atoms with Crippen molar-refractivity contribution in [3.05, 3.63) is 27.6 Å². The number of hydrogen-bond acceptors (Lipinski definition) is 2. The molecular weight excluding hydrogens is 382 g/mol. The maximum Gasteiger partial charge on any atom is 0.301 e. The molecule has 0 spiro atoms. The van der Waals surface area contributed by atoms with Crippen molar-refractivity contribution >= 4 is 38.5 Å². The largest absolute Gasteiger partial charge is 0.301 e. The zero-order chi connectivity index (χ0) is 14.0. The first-order valence-electron chi connectivity index (χ1n) is 6.11. The van der Waals surface area contributed by atoms with Crippen molar-refractivity contribution in [2.75, 3.05) is 17.8 Å². The van der Waals surface area contributed by atoms with Crippen LogP contribution in [0.25, 0.3) is 0 Å². The highest BCUT2D eigenvalue weighted by molar-refractivity contribution is 14.1. The van der Waals surface area contributed by atoms with Gasteiger partial charge in [0.05, 0.1) is 5.69 Å². The highest BCUT2D eigenvalue weighted by Gasteiger charge is 2.27. The van der Waals surface area contributed by atoms with Gasteiger partial charge in [0.25, 0.3) is 0 Å². The Balaban J connectivity index is 2.16. The molecular formula is C12H16FIN2O2S. The molecule has 1 N–H and O–H groups in total. The average molecular weight is 398 g/mol. The van der Waals surface area contributed by atoms with Gasteiger partial charge in [0.1, 0.15) is 5.82 Å². The molecule has 1 aliphatic rings. The Labute approximate surface area is 126 Å². The van der Waals surface area contributed by atoms with Gasteiger partial charge >= 0.3 is 10.2 Å². The molecule has 1 aromatic rings. The molecule has 4 nitrogen and oxygen atoms in total. The lowest BCUT2D eigenvalue weighted by Gasteiger charge is -2.30. The summed E-state index contributed by atoms with van der Waals surface area (Å²) in [6, 6.07) is 4.00. The molecule has 7 heteroatoms. The lowest BCUT2D eigenvalue weighted by molar-refractivity contribution is 0.282. The molecule has 0 radical (unpaired) electrons. The summed E-state index contributed by atoms with van der Waals surface area (Å²) in [7, 11) is -3.55. The molecule has 1 aromatic carbocycles. The second-order valence-electron chi connectivity index (χ2n) is 4.84. The third-order valence-corrected chi connectivity index (χ3v) is 5.51. The standard InChI is InChI=1S/C12H16FIN2O2S/c1-9-3-2-6-16(8-9)19(17,18)15-12-5-4-10(13)7-11(12)14/h4-5,7,9,15H,2-3,6,8H2,1H3. The van der Waals surface area contributed by atoms with Crippen molar-refractivity contribution in [3.63, 3.8) is 0 Å². The van der Waals surface area contributed by atoms with E-state index in [0.29, 0.717) is 28.3 Å². The van der Waals surface area contributed by atoms with Crippen LogP contribution in [0.1, 0.15) is 19.8 Å². The zero-order valence-electron chi connectivity index (χ0n) is 10.6. The molecule has 0 bridgehead atoms. The summed E-state index contributed by atoms with van der Waals surface area (Å²) < 4.78 is 42.0. The number of anilines is 1. The molecule has 0 amide bonds. The minimum atomic E-state index is -3.55. The van der Waals surface area contributed by atoms with Gasteiger partial charge in [0, 0.05) is 16.7 Å². The first-order chi connectivity index (χ1) is 8.88. The number of nitrogens with zero attached hydrogens (tertiary/aromatic N) is 1. The lowest BCUT2D eigenvalue weighted by Crippen LogP contribution is -2.42. The van der Waals surface area contributed by atoms with E-state index >= 15 is 0 Å². The Hall–Kier alpha value is -0.410. The SMILES string of the molecule is CC1CCCN(S(=O)(=O)Nc2ccc(F)cc2I)C1. The predicted molar refractivity (Wildman–Crippen MR) is 81.6 cm³/mol. The summed E-state index contributed by atoms with van der Waals surface area (Å²) in [4.78, 5) is 0. The number of nitrogens with one attached hydrogen (secondary N) is 1. The summed E-state index contributed by atoms with van der Waals surface area (Å²) in [6.07, 6.45) is 1.93. The highest BCUT2D eigenvalue weighted by atomic mass is 127. The van der Waals surface area contributed by atoms with Crippen LogP contribution in [0.4, 0.5) is 10.1 Å². The second-order valence-corrected chi connectivity index (χ2v) is 7.67. The van der Waals surface area contributed by atoms with Crippen LogP contribution in [0.2, 0.25) is 0 Å². The van der Waals surface area contributed by atoms with E-state index in [-0.39, 0.29) is 5.82 Å². The van der Waals surface area contributed by atoms with Gasteiger partial charge in [-0.2, -0.15) is 12.7 Å². The quantitative estimate of drug-likeness (QED) is 0.797. The van der Waals surface area contributed by atoms with Crippen molar-refractivity contribution in [1.82, 2.24) is 4.31 Å². The van der Waals surface area contributed by atoms with Gasteiger partial charge in [0.15, 0.2) is 0 Å².